The Labute approximate surface area is 127 Å². The highest BCUT2D eigenvalue weighted by molar-refractivity contribution is 9.10. The van der Waals surface area contributed by atoms with Crippen molar-refractivity contribution in [1.29, 1.82) is 0 Å². The Hall–Kier alpha value is -0.990. The van der Waals surface area contributed by atoms with Gasteiger partial charge in [0.15, 0.2) is 0 Å². The van der Waals surface area contributed by atoms with Crippen molar-refractivity contribution in [3.63, 3.8) is 0 Å². The second-order valence-corrected chi connectivity index (χ2v) is 5.74. The zero-order valence-corrected chi connectivity index (χ0v) is 13.3. The molecule has 3 heteroatoms. The average molecular weight is 340 g/mol. The van der Waals surface area contributed by atoms with Crippen LogP contribution < -0.4 is 4.74 Å². The van der Waals surface area contributed by atoms with Gasteiger partial charge >= 0.3 is 0 Å². The van der Waals surface area contributed by atoms with E-state index in [4.69, 9.17) is 16.3 Å². The van der Waals surface area contributed by atoms with Crippen molar-refractivity contribution in [2.45, 2.75) is 19.2 Å². The maximum atomic E-state index is 6.62. The first-order valence-corrected chi connectivity index (χ1v) is 7.47. The van der Waals surface area contributed by atoms with E-state index in [0.717, 1.165) is 21.3 Å². The lowest BCUT2D eigenvalue weighted by molar-refractivity contribution is 0.337. The monoisotopic (exact) mass is 338 g/mol. The normalized spacial score (nSPS) is 12.2. The van der Waals surface area contributed by atoms with E-state index in [-0.39, 0.29) is 5.38 Å². The third kappa shape index (κ3) is 3.52. The minimum absolute atomic E-state index is 0.209. The molecule has 1 atom stereocenters. The smallest absolute Gasteiger partial charge is 0.124 e. The predicted octanol–water partition coefficient (Wildman–Crippen LogP) is 5.48. The highest BCUT2D eigenvalue weighted by atomic mass is 79.9. The van der Waals surface area contributed by atoms with Gasteiger partial charge in [0.25, 0.3) is 0 Å². The number of hydrogen-bond acceptors (Lipinski definition) is 1. The Kier molecular flexibility index (Phi) is 4.89. The highest BCUT2D eigenvalue weighted by Crippen LogP contribution is 2.36. The van der Waals surface area contributed by atoms with E-state index in [1.807, 2.05) is 43.3 Å². The van der Waals surface area contributed by atoms with E-state index >= 15 is 0 Å². The van der Waals surface area contributed by atoms with Crippen molar-refractivity contribution in [1.82, 2.24) is 0 Å². The van der Waals surface area contributed by atoms with E-state index in [1.165, 1.54) is 5.56 Å². The van der Waals surface area contributed by atoms with E-state index in [9.17, 15) is 0 Å². The Morgan fingerprint density at radius 1 is 1.21 bits per heavy atom. The van der Waals surface area contributed by atoms with Gasteiger partial charge in [0, 0.05) is 10.0 Å². The number of alkyl halides is 1. The molecule has 0 bridgehead atoms. The van der Waals surface area contributed by atoms with Gasteiger partial charge < -0.3 is 4.74 Å². The summed E-state index contributed by atoms with van der Waals surface area (Å²) in [6, 6.07) is 14.2. The van der Waals surface area contributed by atoms with Gasteiger partial charge in [0.1, 0.15) is 5.75 Å². The number of ether oxygens (including phenoxy) is 1. The zero-order chi connectivity index (χ0) is 13.8. The molecule has 0 aliphatic heterocycles. The van der Waals surface area contributed by atoms with Crippen LogP contribution in [0.25, 0.3) is 0 Å². The molecule has 1 nitrogen and oxygen atoms in total. The first-order valence-electron chi connectivity index (χ1n) is 6.24. The molecule has 0 radical (unpaired) electrons. The molecule has 0 aliphatic rings. The third-order valence-electron chi connectivity index (χ3n) is 2.88. The van der Waals surface area contributed by atoms with Gasteiger partial charge in [-0.25, -0.2) is 0 Å². The zero-order valence-electron chi connectivity index (χ0n) is 11.0. The fraction of sp³-hybridized carbons (Fsp3) is 0.250. The Morgan fingerprint density at radius 2 is 2.00 bits per heavy atom. The molecular weight excluding hydrogens is 324 g/mol. The number of aryl methyl sites for hydroxylation is 1. The van der Waals surface area contributed by atoms with Crippen LogP contribution in [0.15, 0.2) is 46.9 Å². The Balaban J connectivity index is 2.42. The summed E-state index contributed by atoms with van der Waals surface area (Å²) in [5.41, 5.74) is 3.25. The minimum atomic E-state index is -0.209. The van der Waals surface area contributed by atoms with Crippen molar-refractivity contribution < 1.29 is 4.74 Å². The molecule has 19 heavy (non-hydrogen) atoms. The molecule has 0 amide bonds. The van der Waals surface area contributed by atoms with Crippen LogP contribution in [-0.4, -0.2) is 6.61 Å². The summed E-state index contributed by atoms with van der Waals surface area (Å²) in [7, 11) is 0. The maximum absolute atomic E-state index is 6.62. The fourth-order valence-corrected chi connectivity index (χ4v) is 2.72. The number of rotatable bonds is 4. The largest absolute Gasteiger partial charge is 0.494 e. The first-order chi connectivity index (χ1) is 9.11. The molecule has 0 aliphatic carbocycles. The summed E-state index contributed by atoms with van der Waals surface area (Å²) in [5, 5.41) is -0.209. The maximum Gasteiger partial charge on any atom is 0.124 e. The number of benzene rings is 2. The molecule has 0 aromatic heterocycles. The van der Waals surface area contributed by atoms with Crippen LogP contribution in [0.2, 0.25) is 0 Å². The van der Waals surface area contributed by atoms with Crippen molar-refractivity contribution in [3.05, 3.63) is 63.6 Å². The number of hydrogen-bond donors (Lipinski definition) is 0. The highest BCUT2D eigenvalue weighted by Gasteiger charge is 2.16. The molecule has 1 unspecified atom stereocenters. The molecule has 0 fully saturated rings. The molecule has 0 heterocycles. The topological polar surface area (TPSA) is 9.23 Å². The number of halogens is 2. The SMILES string of the molecule is CCOc1ccc(C)cc1C(Cl)c1cccc(Br)c1. The summed E-state index contributed by atoms with van der Waals surface area (Å²) in [6.45, 7) is 4.67. The van der Waals surface area contributed by atoms with Gasteiger partial charge in [0.2, 0.25) is 0 Å². The lowest BCUT2D eigenvalue weighted by Crippen LogP contribution is -2.00. The molecule has 0 saturated heterocycles. The predicted molar refractivity (Wildman–Crippen MR) is 84.2 cm³/mol. The van der Waals surface area contributed by atoms with Gasteiger partial charge in [-0.1, -0.05) is 45.8 Å². The molecule has 2 aromatic carbocycles. The fourth-order valence-electron chi connectivity index (χ4n) is 2.00. The summed E-state index contributed by atoms with van der Waals surface area (Å²) < 4.78 is 6.70. The average Bonchev–Trinajstić information content (AvgIpc) is 2.40. The molecule has 100 valence electrons. The van der Waals surface area contributed by atoms with Crippen LogP contribution in [-0.2, 0) is 0 Å². The summed E-state index contributed by atoms with van der Waals surface area (Å²) in [6.07, 6.45) is 0. The quantitative estimate of drug-likeness (QED) is 0.670. The van der Waals surface area contributed by atoms with Crippen molar-refractivity contribution in [2.75, 3.05) is 6.61 Å². The van der Waals surface area contributed by atoms with Crippen LogP contribution >= 0.6 is 27.5 Å². The van der Waals surface area contributed by atoms with Crippen molar-refractivity contribution in [2.24, 2.45) is 0 Å². The lowest BCUT2D eigenvalue weighted by atomic mass is 10.0. The van der Waals surface area contributed by atoms with Gasteiger partial charge in [0.05, 0.1) is 12.0 Å². The summed E-state index contributed by atoms with van der Waals surface area (Å²) in [4.78, 5) is 0. The standard InChI is InChI=1S/C16H16BrClO/c1-3-19-15-8-7-11(2)9-14(15)16(18)12-5-4-6-13(17)10-12/h4-10,16H,3H2,1-2H3. The van der Waals surface area contributed by atoms with Gasteiger partial charge in [-0.3, -0.25) is 0 Å². The molecule has 0 saturated carbocycles. The minimum Gasteiger partial charge on any atom is -0.494 e. The van der Waals surface area contributed by atoms with Crippen LogP contribution in [0.3, 0.4) is 0 Å². The molecular formula is C16H16BrClO. The van der Waals surface area contributed by atoms with Crippen LogP contribution in [0.5, 0.6) is 5.75 Å². The molecule has 2 rings (SSSR count). The van der Waals surface area contributed by atoms with Crippen molar-refractivity contribution >= 4 is 27.5 Å². The molecule has 0 N–H and O–H groups in total. The summed E-state index contributed by atoms with van der Waals surface area (Å²) >= 11 is 10.1. The second-order valence-electron chi connectivity index (χ2n) is 4.39. The van der Waals surface area contributed by atoms with Gasteiger partial charge in [-0.2, -0.15) is 0 Å². The van der Waals surface area contributed by atoms with E-state index in [0.29, 0.717) is 6.61 Å². The van der Waals surface area contributed by atoms with E-state index in [2.05, 4.69) is 28.9 Å². The lowest BCUT2D eigenvalue weighted by Gasteiger charge is -2.16. The third-order valence-corrected chi connectivity index (χ3v) is 3.86. The van der Waals surface area contributed by atoms with Crippen molar-refractivity contribution in [3.8, 4) is 5.75 Å². The van der Waals surface area contributed by atoms with Crippen LogP contribution in [0, 0.1) is 6.92 Å². The first kappa shape index (κ1) is 14.4. The Bertz CT molecular complexity index is 568. The van der Waals surface area contributed by atoms with Gasteiger partial charge in [-0.05, 0) is 37.6 Å². The molecule has 0 spiro atoms. The van der Waals surface area contributed by atoms with Gasteiger partial charge in [-0.15, -0.1) is 11.6 Å². The van der Waals surface area contributed by atoms with E-state index in [1.54, 1.807) is 0 Å². The second kappa shape index (κ2) is 6.44. The van der Waals surface area contributed by atoms with E-state index < -0.39 is 0 Å². The Morgan fingerprint density at radius 3 is 2.68 bits per heavy atom. The van der Waals surface area contributed by atoms with Crippen LogP contribution in [0.4, 0.5) is 0 Å². The summed E-state index contributed by atoms with van der Waals surface area (Å²) in [5.74, 6) is 0.855. The molecule has 2 aromatic rings. The van der Waals surface area contributed by atoms with Crippen LogP contribution in [0.1, 0.15) is 29.0 Å².